The van der Waals surface area contributed by atoms with E-state index in [-0.39, 0.29) is 0 Å². The van der Waals surface area contributed by atoms with E-state index in [1.54, 1.807) is 7.11 Å². The summed E-state index contributed by atoms with van der Waals surface area (Å²) < 4.78 is 5.21. The maximum absolute atomic E-state index is 5.21. The van der Waals surface area contributed by atoms with Gasteiger partial charge in [0.15, 0.2) is 0 Å². The summed E-state index contributed by atoms with van der Waals surface area (Å²) in [6, 6.07) is 9.24. The van der Waals surface area contributed by atoms with Crippen molar-refractivity contribution in [3.63, 3.8) is 0 Å². The van der Waals surface area contributed by atoms with Crippen molar-refractivity contribution >= 4 is 5.69 Å². The second-order valence-corrected chi connectivity index (χ2v) is 6.51. The number of piperidine rings is 1. The molecular formula is C18H30N2O. The highest BCUT2D eigenvalue weighted by molar-refractivity contribution is 5.52. The Kier molecular flexibility index (Phi) is 6.52. The average Bonchev–Trinajstić information content (AvgIpc) is 2.48. The molecule has 0 saturated carbocycles. The molecule has 0 radical (unpaired) electrons. The van der Waals surface area contributed by atoms with Crippen molar-refractivity contribution in [3.8, 4) is 0 Å². The topological polar surface area (TPSA) is 24.5 Å². The summed E-state index contributed by atoms with van der Waals surface area (Å²) in [5.74, 6) is 0.768. The summed E-state index contributed by atoms with van der Waals surface area (Å²) >= 11 is 0. The fraction of sp³-hybridized carbons (Fsp3) is 0.667. The van der Waals surface area contributed by atoms with Crippen molar-refractivity contribution in [1.82, 2.24) is 4.90 Å². The van der Waals surface area contributed by atoms with E-state index in [9.17, 15) is 0 Å². The first kappa shape index (κ1) is 16.3. The number of benzene rings is 1. The van der Waals surface area contributed by atoms with E-state index in [0.717, 1.165) is 18.9 Å². The Morgan fingerprint density at radius 1 is 1.24 bits per heavy atom. The minimum atomic E-state index is 0.608. The summed E-state index contributed by atoms with van der Waals surface area (Å²) in [6.45, 7) is 9.06. The summed E-state index contributed by atoms with van der Waals surface area (Å²) in [5, 5.41) is 3.75. The van der Waals surface area contributed by atoms with Crippen LogP contribution < -0.4 is 5.32 Å². The van der Waals surface area contributed by atoms with Crippen molar-refractivity contribution in [2.75, 3.05) is 38.7 Å². The molecule has 0 aliphatic carbocycles. The highest BCUT2D eigenvalue weighted by Gasteiger charge is 2.19. The summed E-state index contributed by atoms with van der Waals surface area (Å²) in [5.41, 5.74) is 2.65. The van der Waals surface area contributed by atoms with Gasteiger partial charge in [-0.05, 0) is 36.8 Å². The number of rotatable bonds is 7. The van der Waals surface area contributed by atoms with Gasteiger partial charge in [-0.3, -0.25) is 0 Å². The van der Waals surface area contributed by atoms with E-state index in [2.05, 4.69) is 48.3 Å². The van der Waals surface area contributed by atoms with Gasteiger partial charge < -0.3 is 15.0 Å². The minimum Gasteiger partial charge on any atom is -0.384 e. The third kappa shape index (κ3) is 5.33. The smallest absolute Gasteiger partial charge is 0.0503 e. The number of methoxy groups -OCH3 is 1. The van der Waals surface area contributed by atoms with E-state index in [1.165, 1.54) is 43.7 Å². The molecule has 0 unspecified atom stereocenters. The van der Waals surface area contributed by atoms with Gasteiger partial charge in [0, 0.05) is 38.5 Å². The average molecular weight is 290 g/mol. The zero-order chi connectivity index (χ0) is 15.1. The van der Waals surface area contributed by atoms with Crippen LogP contribution in [0.15, 0.2) is 24.3 Å². The van der Waals surface area contributed by atoms with Crippen molar-refractivity contribution in [3.05, 3.63) is 29.8 Å². The molecule has 0 atom stereocenters. The third-order valence-electron chi connectivity index (χ3n) is 4.16. The number of hydrogen-bond acceptors (Lipinski definition) is 3. The van der Waals surface area contributed by atoms with Gasteiger partial charge in [-0.1, -0.05) is 32.0 Å². The van der Waals surface area contributed by atoms with Crippen LogP contribution in [0.4, 0.5) is 5.69 Å². The lowest BCUT2D eigenvalue weighted by Gasteiger charge is -2.34. The first-order chi connectivity index (χ1) is 10.2. The Morgan fingerprint density at radius 2 is 1.95 bits per heavy atom. The lowest BCUT2D eigenvalue weighted by atomic mass is 10.0. The lowest BCUT2D eigenvalue weighted by molar-refractivity contribution is 0.197. The molecule has 1 aliphatic rings. The van der Waals surface area contributed by atoms with Crippen LogP contribution in [0.2, 0.25) is 0 Å². The Balaban J connectivity index is 1.85. The van der Waals surface area contributed by atoms with Crippen LogP contribution in [-0.4, -0.2) is 44.3 Å². The zero-order valence-electron chi connectivity index (χ0n) is 13.8. The van der Waals surface area contributed by atoms with E-state index < -0.39 is 0 Å². The quantitative estimate of drug-likeness (QED) is 0.833. The molecule has 21 heavy (non-hydrogen) atoms. The van der Waals surface area contributed by atoms with Gasteiger partial charge in [0.2, 0.25) is 0 Å². The fourth-order valence-electron chi connectivity index (χ4n) is 3.09. The highest BCUT2D eigenvalue weighted by atomic mass is 16.5. The predicted octanol–water partition coefficient (Wildman–Crippen LogP) is 3.41. The number of nitrogens with zero attached hydrogens (tertiary/aromatic N) is 1. The van der Waals surface area contributed by atoms with Crippen LogP contribution in [0.25, 0.3) is 0 Å². The molecule has 3 heteroatoms. The summed E-state index contributed by atoms with van der Waals surface area (Å²) in [7, 11) is 1.76. The van der Waals surface area contributed by atoms with Gasteiger partial charge in [0.25, 0.3) is 0 Å². The van der Waals surface area contributed by atoms with Crippen LogP contribution >= 0.6 is 0 Å². The molecular weight excluding hydrogens is 260 g/mol. The maximum Gasteiger partial charge on any atom is 0.0503 e. The van der Waals surface area contributed by atoms with E-state index >= 15 is 0 Å². The molecule has 0 bridgehead atoms. The molecule has 2 rings (SSSR count). The van der Waals surface area contributed by atoms with Crippen LogP contribution in [0, 0.1) is 5.92 Å². The second kappa shape index (κ2) is 8.40. The molecule has 0 spiro atoms. The van der Waals surface area contributed by atoms with Gasteiger partial charge in [-0.15, -0.1) is 0 Å². The largest absolute Gasteiger partial charge is 0.384 e. The molecule has 0 aromatic heterocycles. The van der Waals surface area contributed by atoms with Gasteiger partial charge in [0.05, 0.1) is 6.61 Å². The molecule has 1 aromatic rings. The maximum atomic E-state index is 5.21. The summed E-state index contributed by atoms with van der Waals surface area (Å²) in [6.07, 6.45) is 3.46. The van der Waals surface area contributed by atoms with E-state index in [4.69, 9.17) is 4.74 Å². The fourth-order valence-corrected chi connectivity index (χ4v) is 3.09. The molecule has 3 nitrogen and oxygen atoms in total. The van der Waals surface area contributed by atoms with Crippen molar-refractivity contribution in [2.24, 2.45) is 5.92 Å². The normalized spacial score (nSPS) is 17.3. The van der Waals surface area contributed by atoms with Crippen LogP contribution in [0.1, 0.15) is 32.3 Å². The molecule has 1 heterocycles. The summed E-state index contributed by atoms with van der Waals surface area (Å²) in [4.78, 5) is 2.60. The molecule has 0 amide bonds. The van der Waals surface area contributed by atoms with Crippen LogP contribution in [0.3, 0.4) is 0 Å². The van der Waals surface area contributed by atoms with Crippen molar-refractivity contribution < 1.29 is 4.74 Å². The Morgan fingerprint density at radius 3 is 2.62 bits per heavy atom. The SMILES string of the molecule is COCCc1ccccc1NC1CCN(CC(C)C)CC1. The number of anilines is 1. The van der Waals surface area contributed by atoms with Crippen LogP contribution in [-0.2, 0) is 11.2 Å². The second-order valence-electron chi connectivity index (χ2n) is 6.51. The minimum absolute atomic E-state index is 0.608. The van der Waals surface area contributed by atoms with E-state index in [1.807, 2.05) is 0 Å². The molecule has 1 N–H and O–H groups in total. The Hall–Kier alpha value is -1.06. The highest BCUT2D eigenvalue weighted by Crippen LogP contribution is 2.21. The molecule has 1 fully saturated rings. The van der Waals surface area contributed by atoms with Crippen LogP contribution in [0.5, 0.6) is 0 Å². The Labute approximate surface area is 129 Å². The van der Waals surface area contributed by atoms with Gasteiger partial charge in [-0.25, -0.2) is 0 Å². The van der Waals surface area contributed by atoms with Crippen molar-refractivity contribution in [1.29, 1.82) is 0 Å². The van der Waals surface area contributed by atoms with E-state index in [0.29, 0.717) is 6.04 Å². The number of hydrogen-bond donors (Lipinski definition) is 1. The first-order valence-corrected chi connectivity index (χ1v) is 8.24. The number of nitrogens with one attached hydrogen (secondary N) is 1. The van der Waals surface area contributed by atoms with Crippen molar-refractivity contribution in [2.45, 2.75) is 39.2 Å². The van der Waals surface area contributed by atoms with Gasteiger partial charge in [-0.2, -0.15) is 0 Å². The first-order valence-electron chi connectivity index (χ1n) is 8.24. The standard InChI is InChI=1S/C18H30N2O/c1-15(2)14-20-11-8-17(9-12-20)19-18-7-5-4-6-16(18)10-13-21-3/h4-7,15,17,19H,8-14H2,1-3H3. The number of ether oxygens (including phenoxy) is 1. The third-order valence-corrected chi connectivity index (χ3v) is 4.16. The molecule has 118 valence electrons. The lowest BCUT2D eigenvalue weighted by Crippen LogP contribution is -2.40. The van der Waals surface area contributed by atoms with Gasteiger partial charge >= 0.3 is 0 Å². The molecule has 1 aromatic carbocycles. The zero-order valence-corrected chi connectivity index (χ0v) is 13.8. The molecule has 1 aliphatic heterocycles. The monoisotopic (exact) mass is 290 g/mol. The Bertz CT molecular complexity index is 411. The van der Waals surface area contributed by atoms with Gasteiger partial charge in [0.1, 0.15) is 0 Å². The number of para-hydroxylation sites is 1. The molecule has 1 saturated heterocycles. The predicted molar refractivity (Wildman–Crippen MR) is 89.9 cm³/mol. The number of likely N-dealkylation sites (tertiary alicyclic amines) is 1.